The lowest BCUT2D eigenvalue weighted by molar-refractivity contribution is 0.271. The van der Waals surface area contributed by atoms with Gasteiger partial charge in [-0.25, -0.2) is 0 Å². The Labute approximate surface area is 127 Å². The Kier molecular flexibility index (Phi) is 4.97. The van der Waals surface area contributed by atoms with Gasteiger partial charge in [0.25, 0.3) is 0 Å². The van der Waals surface area contributed by atoms with E-state index < -0.39 is 0 Å². The molecule has 2 rings (SSSR count). The molecule has 0 fully saturated rings. The topological polar surface area (TPSA) is 48.1 Å². The van der Waals surface area contributed by atoms with E-state index in [-0.39, 0.29) is 6.04 Å². The van der Waals surface area contributed by atoms with Crippen molar-refractivity contribution in [3.63, 3.8) is 0 Å². The van der Waals surface area contributed by atoms with Gasteiger partial charge in [-0.15, -0.1) is 0 Å². The lowest BCUT2D eigenvalue weighted by atomic mass is 10.0. The van der Waals surface area contributed by atoms with Crippen molar-refractivity contribution in [2.24, 2.45) is 11.7 Å². The highest BCUT2D eigenvalue weighted by Gasteiger charge is 2.07. The third-order valence-corrected chi connectivity index (χ3v) is 3.35. The van der Waals surface area contributed by atoms with E-state index in [1.807, 2.05) is 44.2 Å². The summed E-state index contributed by atoms with van der Waals surface area (Å²) in [6, 6.07) is 12.2. The molecule has 0 amide bonds. The number of rotatable bonds is 5. The summed E-state index contributed by atoms with van der Waals surface area (Å²) < 4.78 is 5.70. The third-order valence-electron chi connectivity index (χ3n) is 3.35. The summed E-state index contributed by atoms with van der Waals surface area (Å²) in [5.74, 6) is 1.43. The second-order valence-corrected chi connectivity index (χ2v) is 5.89. The van der Waals surface area contributed by atoms with E-state index in [0.717, 1.165) is 34.9 Å². The summed E-state index contributed by atoms with van der Waals surface area (Å²) >= 11 is 0. The predicted octanol–water partition coefficient (Wildman–Crippen LogP) is 4.11. The van der Waals surface area contributed by atoms with Crippen molar-refractivity contribution in [3.05, 3.63) is 47.7 Å². The van der Waals surface area contributed by atoms with Crippen molar-refractivity contribution in [1.29, 1.82) is 0 Å². The van der Waals surface area contributed by atoms with Crippen LogP contribution in [0.2, 0.25) is 0 Å². The van der Waals surface area contributed by atoms with E-state index in [1.54, 1.807) is 0 Å². The largest absolute Gasteiger partial charge is 0.493 e. The average Bonchev–Trinajstić information content (AvgIpc) is 2.45. The minimum atomic E-state index is 0.0124. The molecule has 21 heavy (non-hydrogen) atoms. The van der Waals surface area contributed by atoms with Crippen molar-refractivity contribution in [1.82, 2.24) is 4.98 Å². The van der Waals surface area contributed by atoms with Crippen LogP contribution < -0.4 is 10.5 Å². The lowest BCUT2D eigenvalue weighted by Crippen LogP contribution is -2.08. The van der Waals surface area contributed by atoms with Gasteiger partial charge >= 0.3 is 0 Å². The summed E-state index contributed by atoms with van der Waals surface area (Å²) in [4.78, 5) is 4.65. The average molecular weight is 284 g/mol. The molecule has 3 heteroatoms. The van der Waals surface area contributed by atoms with Gasteiger partial charge in [0.2, 0.25) is 0 Å². The molecular weight excluding hydrogens is 260 g/mol. The Balaban J connectivity index is 2.17. The van der Waals surface area contributed by atoms with Gasteiger partial charge < -0.3 is 10.5 Å². The van der Waals surface area contributed by atoms with Crippen LogP contribution in [0.1, 0.15) is 38.1 Å². The molecule has 1 aromatic heterocycles. The Bertz CT molecular complexity index is 589. The van der Waals surface area contributed by atoms with Gasteiger partial charge in [0, 0.05) is 17.3 Å². The van der Waals surface area contributed by atoms with E-state index in [0.29, 0.717) is 5.92 Å². The molecule has 0 bridgehead atoms. The van der Waals surface area contributed by atoms with E-state index in [2.05, 4.69) is 24.9 Å². The Morgan fingerprint density at radius 2 is 1.71 bits per heavy atom. The van der Waals surface area contributed by atoms with Crippen LogP contribution in [0.15, 0.2) is 36.4 Å². The number of hydrogen-bond donors (Lipinski definition) is 1. The van der Waals surface area contributed by atoms with Gasteiger partial charge in [0.1, 0.15) is 5.75 Å². The molecule has 0 aliphatic rings. The first-order chi connectivity index (χ1) is 9.97. The molecular formula is C18H24N2O. The SMILES string of the molecule is Cc1nc(-c2ccc(OCC(C)C)cc2)ccc1C(C)N. The zero-order valence-electron chi connectivity index (χ0n) is 13.3. The van der Waals surface area contributed by atoms with Gasteiger partial charge in [0.15, 0.2) is 0 Å². The molecule has 0 aliphatic heterocycles. The molecule has 3 nitrogen and oxygen atoms in total. The fourth-order valence-electron chi connectivity index (χ4n) is 2.20. The fraction of sp³-hybridized carbons (Fsp3) is 0.389. The maximum Gasteiger partial charge on any atom is 0.119 e. The summed E-state index contributed by atoms with van der Waals surface area (Å²) in [5.41, 5.74) is 10.1. The summed E-state index contributed by atoms with van der Waals surface area (Å²) in [7, 11) is 0. The van der Waals surface area contributed by atoms with Crippen LogP contribution in [-0.4, -0.2) is 11.6 Å². The van der Waals surface area contributed by atoms with E-state index in [1.165, 1.54) is 0 Å². The van der Waals surface area contributed by atoms with Gasteiger partial charge in [-0.3, -0.25) is 4.98 Å². The maximum absolute atomic E-state index is 5.92. The second-order valence-electron chi connectivity index (χ2n) is 5.89. The Hall–Kier alpha value is -1.87. The Morgan fingerprint density at radius 1 is 1.05 bits per heavy atom. The number of benzene rings is 1. The molecule has 0 radical (unpaired) electrons. The van der Waals surface area contributed by atoms with Gasteiger partial charge in [-0.2, -0.15) is 0 Å². The number of hydrogen-bond acceptors (Lipinski definition) is 3. The molecule has 0 saturated carbocycles. The van der Waals surface area contributed by atoms with Crippen LogP contribution in [-0.2, 0) is 0 Å². The number of aryl methyl sites for hydroxylation is 1. The summed E-state index contributed by atoms with van der Waals surface area (Å²) in [5, 5.41) is 0. The van der Waals surface area contributed by atoms with Crippen LogP contribution in [0.4, 0.5) is 0 Å². The first-order valence-corrected chi connectivity index (χ1v) is 7.43. The van der Waals surface area contributed by atoms with Gasteiger partial charge in [0.05, 0.1) is 12.3 Å². The number of ether oxygens (including phenoxy) is 1. The van der Waals surface area contributed by atoms with Crippen LogP contribution in [0, 0.1) is 12.8 Å². The van der Waals surface area contributed by atoms with Crippen molar-refractivity contribution >= 4 is 0 Å². The summed E-state index contributed by atoms with van der Waals surface area (Å²) in [6.07, 6.45) is 0. The Morgan fingerprint density at radius 3 is 2.24 bits per heavy atom. The van der Waals surface area contributed by atoms with E-state index in [9.17, 15) is 0 Å². The minimum Gasteiger partial charge on any atom is -0.493 e. The predicted molar refractivity (Wildman–Crippen MR) is 87.3 cm³/mol. The standard InChI is InChI=1S/C18H24N2O/c1-12(2)11-21-16-7-5-15(6-8-16)18-10-9-17(13(3)19)14(4)20-18/h5-10,12-13H,11,19H2,1-4H3. The summed E-state index contributed by atoms with van der Waals surface area (Å²) in [6.45, 7) is 8.99. The van der Waals surface area contributed by atoms with Crippen LogP contribution in [0.25, 0.3) is 11.3 Å². The van der Waals surface area contributed by atoms with Crippen molar-refractivity contribution < 1.29 is 4.74 Å². The minimum absolute atomic E-state index is 0.0124. The number of aromatic nitrogens is 1. The number of nitrogens with zero attached hydrogens (tertiary/aromatic N) is 1. The highest BCUT2D eigenvalue weighted by atomic mass is 16.5. The molecule has 1 aromatic carbocycles. The highest BCUT2D eigenvalue weighted by Crippen LogP contribution is 2.23. The maximum atomic E-state index is 5.92. The molecule has 0 aliphatic carbocycles. The molecule has 2 N–H and O–H groups in total. The van der Waals surface area contributed by atoms with E-state index in [4.69, 9.17) is 10.5 Å². The highest BCUT2D eigenvalue weighted by molar-refractivity contribution is 5.60. The van der Waals surface area contributed by atoms with Crippen LogP contribution >= 0.6 is 0 Å². The first-order valence-electron chi connectivity index (χ1n) is 7.43. The quantitative estimate of drug-likeness (QED) is 0.898. The molecule has 2 aromatic rings. The lowest BCUT2D eigenvalue weighted by Gasteiger charge is -2.12. The number of pyridine rings is 1. The zero-order valence-corrected chi connectivity index (χ0v) is 13.3. The van der Waals surface area contributed by atoms with Crippen LogP contribution in [0.3, 0.4) is 0 Å². The first kappa shape index (κ1) is 15.5. The third kappa shape index (κ3) is 4.05. The number of nitrogens with two attached hydrogens (primary N) is 1. The molecule has 1 heterocycles. The van der Waals surface area contributed by atoms with Gasteiger partial charge in [-0.1, -0.05) is 19.9 Å². The monoisotopic (exact) mass is 284 g/mol. The molecule has 0 spiro atoms. The zero-order chi connectivity index (χ0) is 15.4. The fourth-order valence-corrected chi connectivity index (χ4v) is 2.20. The van der Waals surface area contributed by atoms with Crippen molar-refractivity contribution in [3.8, 4) is 17.0 Å². The molecule has 112 valence electrons. The van der Waals surface area contributed by atoms with Crippen LogP contribution in [0.5, 0.6) is 5.75 Å². The van der Waals surface area contributed by atoms with Crippen molar-refractivity contribution in [2.45, 2.75) is 33.7 Å². The van der Waals surface area contributed by atoms with E-state index >= 15 is 0 Å². The second kappa shape index (κ2) is 6.72. The van der Waals surface area contributed by atoms with Gasteiger partial charge in [-0.05, 0) is 55.7 Å². The van der Waals surface area contributed by atoms with Crippen molar-refractivity contribution in [2.75, 3.05) is 6.61 Å². The normalized spacial score (nSPS) is 12.5. The molecule has 1 unspecified atom stereocenters. The molecule has 1 atom stereocenters. The smallest absolute Gasteiger partial charge is 0.119 e. The molecule has 0 saturated heterocycles.